The molecule has 9 heteroatoms. The van der Waals surface area contributed by atoms with E-state index in [2.05, 4.69) is 21.2 Å². The van der Waals surface area contributed by atoms with Crippen LogP contribution in [0.25, 0.3) is 6.08 Å². The van der Waals surface area contributed by atoms with Crippen LogP contribution in [0.15, 0.2) is 64.6 Å². The van der Waals surface area contributed by atoms with Gasteiger partial charge in [0.05, 0.1) is 28.2 Å². The van der Waals surface area contributed by atoms with Crippen molar-refractivity contribution in [1.29, 1.82) is 5.26 Å². The SMILES string of the molecule is CCOc1cccc(NC(=O)/C(C#N)=C\c2cc(Br)c(OCc3ccc(Cl)c(Cl)c3)c(OC)c2)c1. The number of hydrogen-bond donors (Lipinski definition) is 1. The first-order valence-electron chi connectivity index (χ1n) is 10.4. The molecule has 0 fully saturated rings. The lowest BCUT2D eigenvalue weighted by atomic mass is 10.1. The topological polar surface area (TPSA) is 80.6 Å². The Morgan fingerprint density at radius 3 is 2.60 bits per heavy atom. The highest BCUT2D eigenvalue weighted by Gasteiger charge is 2.15. The zero-order valence-electron chi connectivity index (χ0n) is 18.9. The van der Waals surface area contributed by atoms with Crippen LogP contribution in [0, 0.1) is 11.3 Å². The summed E-state index contributed by atoms with van der Waals surface area (Å²) < 4.78 is 17.4. The Morgan fingerprint density at radius 2 is 1.91 bits per heavy atom. The molecule has 3 aromatic rings. The van der Waals surface area contributed by atoms with Crippen molar-refractivity contribution in [2.75, 3.05) is 19.0 Å². The highest BCUT2D eigenvalue weighted by atomic mass is 79.9. The Morgan fingerprint density at radius 1 is 1.11 bits per heavy atom. The summed E-state index contributed by atoms with van der Waals surface area (Å²) in [4.78, 5) is 12.7. The molecule has 0 bridgehead atoms. The molecule has 6 nitrogen and oxygen atoms in total. The van der Waals surface area contributed by atoms with Gasteiger partial charge in [-0.3, -0.25) is 4.79 Å². The minimum absolute atomic E-state index is 0.0785. The van der Waals surface area contributed by atoms with Crippen LogP contribution in [0.1, 0.15) is 18.1 Å². The van der Waals surface area contributed by atoms with E-state index < -0.39 is 5.91 Å². The summed E-state index contributed by atoms with van der Waals surface area (Å²) in [6.07, 6.45) is 1.47. The number of methoxy groups -OCH3 is 1. The third kappa shape index (κ3) is 7.15. The van der Waals surface area contributed by atoms with E-state index in [0.29, 0.717) is 49.6 Å². The molecule has 0 atom stereocenters. The van der Waals surface area contributed by atoms with E-state index in [1.165, 1.54) is 13.2 Å². The van der Waals surface area contributed by atoms with E-state index in [4.69, 9.17) is 37.4 Å². The van der Waals surface area contributed by atoms with Gasteiger partial charge in [0.15, 0.2) is 11.5 Å². The molecular weight excluding hydrogens is 555 g/mol. The highest BCUT2D eigenvalue weighted by Crippen LogP contribution is 2.38. The molecule has 0 heterocycles. The van der Waals surface area contributed by atoms with E-state index in [-0.39, 0.29) is 12.2 Å². The van der Waals surface area contributed by atoms with Gasteiger partial charge in [-0.05, 0) is 76.5 Å². The molecule has 0 unspecified atom stereocenters. The molecule has 0 aromatic heterocycles. The number of carbonyl (C=O) groups is 1. The fourth-order valence-electron chi connectivity index (χ4n) is 3.09. The molecule has 0 spiro atoms. The maximum absolute atomic E-state index is 12.7. The van der Waals surface area contributed by atoms with Crippen LogP contribution in [0.3, 0.4) is 0 Å². The Hall–Kier alpha value is -3.18. The van der Waals surface area contributed by atoms with Gasteiger partial charge in [-0.2, -0.15) is 5.26 Å². The molecule has 0 aliphatic heterocycles. The van der Waals surface area contributed by atoms with E-state index in [9.17, 15) is 10.1 Å². The average molecular weight is 576 g/mol. The zero-order valence-corrected chi connectivity index (χ0v) is 22.0. The lowest BCUT2D eigenvalue weighted by Crippen LogP contribution is -2.13. The second kappa shape index (κ2) is 12.5. The van der Waals surface area contributed by atoms with Gasteiger partial charge in [-0.1, -0.05) is 35.3 Å². The summed E-state index contributed by atoms with van der Waals surface area (Å²) >= 11 is 15.5. The monoisotopic (exact) mass is 574 g/mol. The van der Waals surface area contributed by atoms with Crippen LogP contribution in [0.4, 0.5) is 5.69 Å². The van der Waals surface area contributed by atoms with E-state index >= 15 is 0 Å². The summed E-state index contributed by atoms with van der Waals surface area (Å²) in [5.41, 5.74) is 1.84. The maximum Gasteiger partial charge on any atom is 0.266 e. The molecule has 1 N–H and O–H groups in total. The number of carbonyl (C=O) groups excluding carboxylic acids is 1. The fourth-order valence-corrected chi connectivity index (χ4v) is 3.99. The molecule has 0 aliphatic rings. The smallest absolute Gasteiger partial charge is 0.266 e. The first-order valence-corrected chi connectivity index (χ1v) is 12.0. The van der Waals surface area contributed by atoms with Crippen molar-refractivity contribution in [2.24, 2.45) is 0 Å². The number of rotatable bonds is 9. The molecule has 1 amide bonds. The second-order valence-corrected chi connectivity index (χ2v) is 8.82. The molecule has 0 radical (unpaired) electrons. The van der Waals surface area contributed by atoms with Crippen LogP contribution >= 0.6 is 39.1 Å². The molecular formula is C26H21BrCl2N2O4. The van der Waals surface area contributed by atoms with Crippen LogP contribution in [0.2, 0.25) is 10.0 Å². The first kappa shape index (κ1) is 26.4. The number of hydrogen-bond acceptors (Lipinski definition) is 5. The number of nitrogens with one attached hydrogen (secondary N) is 1. The number of nitrogens with zero attached hydrogens (tertiary/aromatic N) is 1. The van der Waals surface area contributed by atoms with Crippen LogP contribution < -0.4 is 19.5 Å². The van der Waals surface area contributed by atoms with Crippen molar-refractivity contribution in [3.8, 4) is 23.3 Å². The summed E-state index contributed by atoms with van der Waals surface area (Å²) in [5, 5.41) is 13.2. The van der Waals surface area contributed by atoms with Gasteiger partial charge in [0, 0.05) is 11.8 Å². The third-order valence-corrected chi connectivity index (χ3v) is 6.03. The Kier molecular flexibility index (Phi) is 9.44. The highest BCUT2D eigenvalue weighted by molar-refractivity contribution is 9.10. The number of anilines is 1. The van der Waals surface area contributed by atoms with Gasteiger partial charge in [0.2, 0.25) is 0 Å². The lowest BCUT2D eigenvalue weighted by Gasteiger charge is -2.14. The number of amides is 1. The Bertz CT molecular complexity index is 1300. The molecule has 0 saturated heterocycles. The second-order valence-electron chi connectivity index (χ2n) is 7.16. The number of nitriles is 1. The first-order chi connectivity index (χ1) is 16.8. The quantitative estimate of drug-likeness (QED) is 0.214. The molecule has 3 rings (SSSR count). The van der Waals surface area contributed by atoms with Crippen LogP contribution in [0.5, 0.6) is 17.2 Å². The predicted octanol–water partition coefficient (Wildman–Crippen LogP) is 7.29. The van der Waals surface area contributed by atoms with Gasteiger partial charge in [-0.15, -0.1) is 0 Å². The molecule has 180 valence electrons. The van der Waals surface area contributed by atoms with Gasteiger partial charge in [0.1, 0.15) is 24.0 Å². The van der Waals surface area contributed by atoms with Crippen LogP contribution in [-0.4, -0.2) is 19.6 Å². The summed E-state index contributed by atoms with van der Waals surface area (Å²) in [6.45, 7) is 2.61. The maximum atomic E-state index is 12.7. The summed E-state index contributed by atoms with van der Waals surface area (Å²) in [6, 6.07) is 17.5. The van der Waals surface area contributed by atoms with E-state index in [0.717, 1.165) is 5.56 Å². The average Bonchev–Trinajstić information content (AvgIpc) is 2.84. The van der Waals surface area contributed by atoms with Crippen molar-refractivity contribution in [1.82, 2.24) is 0 Å². The number of halogens is 3. The van der Waals surface area contributed by atoms with Crippen molar-refractivity contribution >= 4 is 56.8 Å². The van der Waals surface area contributed by atoms with Gasteiger partial charge < -0.3 is 19.5 Å². The standard InChI is InChI=1S/C26H21BrCl2N2O4/c1-3-34-20-6-4-5-19(13-20)31-26(32)18(14-30)9-17-10-21(27)25(24(12-17)33-2)35-15-16-7-8-22(28)23(29)11-16/h4-13H,3,15H2,1-2H3,(H,31,32)/b18-9-. The van der Waals surface area contributed by atoms with Crippen LogP contribution in [-0.2, 0) is 11.4 Å². The molecule has 3 aromatic carbocycles. The van der Waals surface area contributed by atoms with Crippen molar-refractivity contribution in [3.63, 3.8) is 0 Å². The summed E-state index contributed by atoms with van der Waals surface area (Å²) in [5.74, 6) is 0.966. The fraction of sp³-hybridized carbons (Fsp3) is 0.154. The third-order valence-electron chi connectivity index (χ3n) is 4.70. The van der Waals surface area contributed by atoms with Gasteiger partial charge >= 0.3 is 0 Å². The molecule has 0 aliphatic carbocycles. The van der Waals surface area contributed by atoms with Gasteiger partial charge in [-0.25, -0.2) is 0 Å². The van der Waals surface area contributed by atoms with Crippen molar-refractivity contribution in [3.05, 3.63) is 85.8 Å². The minimum Gasteiger partial charge on any atom is -0.494 e. The zero-order chi connectivity index (χ0) is 25.4. The van der Waals surface area contributed by atoms with E-state index in [1.54, 1.807) is 48.5 Å². The predicted molar refractivity (Wildman–Crippen MR) is 141 cm³/mol. The molecule has 0 saturated carbocycles. The summed E-state index contributed by atoms with van der Waals surface area (Å²) in [7, 11) is 1.50. The largest absolute Gasteiger partial charge is 0.494 e. The minimum atomic E-state index is -0.545. The normalized spacial score (nSPS) is 10.9. The molecule has 35 heavy (non-hydrogen) atoms. The lowest BCUT2D eigenvalue weighted by molar-refractivity contribution is -0.112. The Labute approximate surface area is 222 Å². The number of benzene rings is 3. The number of ether oxygens (including phenoxy) is 3. The van der Waals surface area contributed by atoms with Crippen molar-refractivity contribution in [2.45, 2.75) is 13.5 Å². The van der Waals surface area contributed by atoms with E-state index in [1.807, 2.05) is 19.1 Å². The Balaban J connectivity index is 1.80. The van der Waals surface area contributed by atoms with Crippen molar-refractivity contribution < 1.29 is 19.0 Å². The van der Waals surface area contributed by atoms with Gasteiger partial charge in [0.25, 0.3) is 5.91 Å².